The van der Waals surface area contributed by atoms with Crippen LogP contribution in [0, 0.1) is 0 Å². The Labute approximate surface area is 210 Å². The highest BCUT2D eigenvalue weighted by atomic mass is 16.1. The molecule has 0 spiro atoms. The van der Waals surface area contributed by atoms with Crippen molar-refractivity contribution in [2.24, 2.45) is 0 Å². The fraction of sp³-hybridized carbons (Fsp3) is 0.379. The number of ketones is 2. The Morgan fingerprint density at radius 3 is 1.69 bits per heavy atom. The van der Waals surface area contributed by atoms with Crippen LogP contribution in [0.25, 0.3) is 0 Å². The molecule has 0 bridgehead atoms. The molecular formula is C29H40N4O2+2. The molecule has 1 aliphatic carbocycles. The number of carbonyl (C=O) groups excluding carboxylic acids is 2. The Bertz CT molecular complexity index is 1060. The van der Waals surface area contributed by atoms with Gasteiger partial charge in [0.25, 0.3) is 0 Å². The molecule has 1 aliphatic rings. The van der Waals surface area contributed by atoms with Crippen LogP contribution < -0.4 is 15.1 Å². The van der Waals surface area contributed by atoms with Crippen LogP contribution in [0.5, 0.6) is 0 Å². The maximum atomic E-state index is 12.6. The van der Waals surface area contributed by atoms with Crippen LogP contribution in [-0.4, -0.2) is 70.4 Å². The first-order valence-electron chi connectivity index (χ1n) is 12.4. The highest BCUT2D eigenvalue weighted by molar-refractivity contribution is 6.19. The molecule has 0 amide bonds. The zero-order valence-electron chi connectivity index (χ0n) is 21.6. The minimum Gasteiger partial charge on any atom is -0.382 e. The molecule has 3 rings (SSSR count). The molecule has 6 heteroatoms. The number of rotatable bonds is 13. The number of benzene rings is 2. The number of carbonyl (C=O) groups is 2. The number of quaternary nitrogens is 2. The SMILES string of the molecule is C[N+](C)(CCCNC1=CC(=O)C(NCCC[N+](C)(C)c2ccccc2)=CC1=O)Cc1ccccc1. The number of allylic oxidation sites excluding steroid dienone is 2. The van der Waals surface area contributed by atoms with E-state index in [-0.39, 0.29) is 11.6 Å². The van der Waals surface area contributed by atoms with E-state index >= 15 is 0 Å². The molecule has 0 aromatic heterocycles. The van der Waals surface area contributed by atoms with E-state index in [0.717, 1.165) is 41.4 Å². The minimum absolute atomic E-state index is 0.148. The fourth-order valence-electron chi connectivity index (χ4n) is 4.38. The van der Waals surface area contributed by atoms with E-state index in [2.05, 4.69) is 75.2 Å². The lowest BCUT2D eigenvalue weighted by atomic mass is 10.1. The van der Waals surface area contributed by atoms with Crippen molar-refractivity contribution in [3.8, 4) is 0 Å². The van der Waals surface area contributed by atoms with Crippen molar-refractivity contribution < 1.29 is 14.1 Å². The van der Waals surface area contributed by atoms with Gasteiger partial charge in [-0.05, 0) is 12.1 Å². The molecule has 0 heterocycles. The summed E-state index contributed by atoms with van der Waals surface area (Å²) in [7, 11) is 8.77. The van der Waals surface area contributed by atoms with E-state index in [1.165, 1.54) is 23.4 Å². The summed E-state index contributed by atoms with van der Waals surface area (Å²) in [4.78, 5) is 25.1. The summed E-state index contributed by atoms with van der Waals surface area (Å²) in [5.74, 6) is -0.297. The van der Waals surface area contributed by atoms with Crippen LogP contribution >= 0.6 is 0 Å². The van der Waals surface area contributed by atoms with E-state index in [1.54, 1.807) is 0 Å². The number of hydrogen-bond donors (Lipinski definition) is 2. The molecule has 0 saturated heterocycles. The summed E-state index contributed by atoms with van der Waals surface area (Å²) >= 11 is 0. The van der Waals surface area contributed by atoms with Crippen molar-refractivity contribution in [2.45, 2.75) is 19.4 Å². The number of hydrogen-bond acceptors (Lipinski definition) is 4. The van der Waals surface area contributed by atoms with Gasteiger partial charge in [-0.3, -0.25) is 14.1 Å². The van der Waals surface area contributed by atoms with Crippen molar-refractivity contribution in [1.82, 2.24) is 15.1 Å². The molecule has 0 fully saturated rings. The van der Waals surface area contributed by atoms with Crippen LogP contribution in [0.2, 0.25) is 0 Å². The van der Waals surface area contributed by atoms with Crippen molar-refractivity contribution >= 4 is 17.3 Å². The van der Waals surface area contributed by atoms with Gasteiger partial charge < -0.3 is 15.1 Å². The molecule has 0 atom stereocenters. The van der Waals surface area contributed by atoms with Crippen molar-refractivity contribution in [3.05, 3.63) is 89.8 Å². The van der Waals surface area contributed by atoms with Crippen LogP contribution in [0.15, 0.2) is 84.2 Å². The lowest BCUT2D eigenvalue weighted by molar-refractivity contribution is -0.903. The molecule has 2 aromatic carbocycles. The molecule has 186 valence electrons. The highest BCUT2D eigenvalue weighted by Gasteiger charge is 2.22. The van der Waals surface area contributed by atoms with Gasteiger partial charge in [0.2, 0.25) is 11.6 Å². The van der Waals surface area contributed by atoms with E-state index < -0.39 is 0 Å². The van der Waals surface area contributed by atoms with Crippen LogP contribution in [-0.2, 0) is 16.1 Å². The molecule has 0 aliphatic heterocycles. The molecule has 2 aromatic rings. The monoisotopic (exact) mass is 476 g/mol. The lowest BCUT2D eigenvalue weighted by Gasteiger charge is -2.30. The second-order valence-electron chi connectivity index (χ2n) is 10.5. The topological polar surface area (TPSA) is 58.2 Å². The Balaban J connectivity index is 1.39. The molecule has 0 radical (unpaired) electrons. The van der Waals surface area contributed by atoms with Crippen LogP contribution in [0.3, 0.4) is 0 Å². The summed E-state index contributed by atoms with van der Waals surface area (Å²) in [6.07, 6.45) is 4.64. The van der Waals surface area contributed by atoms with Gasteiger partial charge in [-0.15, -0.1) is 0 Å². The van der Waals surface area contributed by atoms with Gasteiger partial charge in [0.15, 0.2) is 0 Å². The minimum atomic E-state index is -0.149. The third-order valence-electron chi connectivity index (χ3n) is 6.46. The quantitative estimate of drug-likeness (QED) is 0.264. The summed E-state index contributed by atoms with van der Waals surface area (Å²) in [6.45, 7) is 4.15. The second kappa shape index (κ2) is 12.0. The first-order chi connectivity index (χ1) is 16.7. The molecule has 35 heavy (non-hydrogen) atoms. The Kier molecular flexibility index (Phi) is 9.01. The average Bonchev–Trinajstić information content (AvgIpc) is 2.83. The first kappa shape index (κ1) is 26.4. The van der Waals surface area contributed by atoms with Crippen LogP contribution in [0.4, 0.5) is 5.69 Å². The molecule has 0 unspecified atom stereocenters. The second-order valence-corrected chi connectivity index (χ2v) is 10.5. The zero-order chi connectivity index (χ0) is 25.3. The summed E-state index contributed by atoms with van der Waals surface area (Å²) < 4.78 is 1.63. The van der Waals surface area contributed by atoms with Gasteiger partial charge in [-0.2, -0.15) is 0 Å². The predicted octanol–water partition coefficient (Wildman–Crippen LogP) is 3.41. The van der Waals surface area contributed by atoms with Gasteiger partial charge in [-0.25, -0.2) is 0 Å². The Hall–Kier alpha value is -3.22. The number of nitrogens with zero attached hydrogens (tertiary/aromatic N) is 2. The summed E-state index contributed by atoms with van der Waals surface area (Å²) in [5.41, 5.74) is 3.33. The predicted molar refractivity (Wildman–Crippen MR) is 143 cm³/mol. The maximum Gasteiger partial charge on any atom is 0.203 e. The fourth-order valence-corrected chi connectivity index (χ4v) is 4.38. The molecule has 2 N–H and O–H groups in total. The van der Waals surface area contributed by atoms with E-state index in [0.29, 0.717) is 24.5 Å². The standard InChI is InChI=1S/C29H38N4O2/c1-32(2,23-24-13-7-5-8-14-24)19-11-17-30-26-21-29(35)27(22-28(26)34)31-18-12-20-33(3,4)25-15-9-6-10-16-25/h5-10,13-16,21-22H,11-12,17-20,23H2,1-4H3/p+2. The van der Waals surface area contributed by atoms with E-state index in [4.69, 9.17) is 0 Å². The van der Waals surface area contributed by atoms with Crippen molar-refractivity contribution in [3.63, 3.8) is 0 Å². The third-order valence-corrected chi connectivity index (χ3v) is 6.46. The normalized spacial score (nSPS) is 14.4. The van der Waals surface area contributed by atoms with E-state index in [1.807, 2.05) is 24.3 Å². The van der Waals surface area contributed by atoms with Crippen molar-refractivity contribution in [1.29, 1.82) is 0 Å². The third kappa shape index (κ3) is 8.19. The van der Waals surface area contributed by atoms with Gasteiger partial charge in [-0.1, -0.05) is 48.5 Å². The molecule has 6 nitrogen and oxygen atoms in total. The van der Waals surface area contributed by atoms with E-state index in [9.17, 15) is 9.59 Å². The summed E-state index contributed by atoms with van der Waals surface area (Å²) in [6, 6.07) is 20.8. The van der Waals surface area contributed by atoms with Gasteiger partial charge in [0.1, 0.15) is 12.2 Å². The van der Waals surface area contributed by atoms with Gasteiger partial charge in [0, 0.05) is 43.6 Å². The smallest absolute Gasteiger partial charge is 0.203 e. The summed E-state index contributed by atoms with van der Waals surface area (Å²) in [5, 5.41) is 6.33. The van der Waals surface area contributed by atoms with Gasteiger partial charge >= 0.3 is 0 Å². The number of para-hydroxylation sites is 1. The highest BCUT2D eigenvalue weighted by Crippen LogP contribution is 2.18. The van der Waals surface area contributed by atoms with Crippen molar-refractivity contribution in [2.75, 3.05) is 54.4 Å². The Morgan fingerprint density at radius 1 is 0.657 bits per heavy atom. The zero-order valence-corrected chi connectivity index (χ0v) is 21.6. The van der Waals surface area contributed by atoms with Crippen LogP contribution in [0.1, 0.15) is 18.4 Å². The first-order valence-corrected chi connectivity index (χ1v) is 12.4. The lowest BCUT2D eigenvalue weighted by Crippen LogP contribution is -2.42. The molecular weight excluding hydrogens is 436 g/mol. The average molecular weight is 477 g/mol. The molecule has 0 saturated carbocycles. The largest absolute Gasteiger partial charge is 0.382 e. The maximum absolute atomic E-state index is 12.6. The Morgan fingerprint density at radius 2 is 1.14 bits per heavy atom. The number of nitrogens with one attached hydrogen (secondary N) is 2. The van der Waals surface area contributed by atoms with Gasteiger partial charge in [0.05, 0.1) is 52.7 Å².